The summed E-state index contributed by atoms with van der Waals surface area (Å²) in [6, 6.07) is 0.665. The number of aryl methyl sites for hydroxylation is 2. The molecule has 0 amide bonds. The van der Waals surface area contributed by atoms with Crippen molar-refractivity contribution in [3.63, 3.8) is 0 Å². The number of fused-ring (bicyclic) bond motifs is 1. The number of likely N-dealkylation sites (N-methyl/N-ethyl adjacent to an activating group) is 1. The number of piperazine rings is 2. The van der Waals surface area contributed by atoms with E-state index in [1.807, 2.05) is 7.05 Å². The van der Waals surface area contributed by atoms with Crippen molar-refractivity contribution in [2.24, 2.45) is 7.05 Å². The van der Waals surface area contributed by atoms with Gasteiger partial charge in [0.05, 0.1) is 5.69 Å². The molecule has 0 spiro atoms. The SMILES string of the molecule is CCc1nn(C)c(Cl)c1CN1CCN2CCN(C)C[C@H]2C1. The van der Waals surface area contributed by atoms with Crippen molar-refractivity contribution in [2.45, 2.75) is 25.9 Å². The van der Waals surface area contributed by atoms with Gasteiger partial charge in [0.1, 0.15) is 5.15 Å². The van der Waals surface area contributed by atoms with Crippen molar-refractivity contribution in [3.05, 3.63) is 16.4 Å². The number of halogens is 1. The summed E-state index contributed by atoms with van der Waals surface area (Å²) < 4.78 is 1.81. The molecule has 6 heteroatoms. The lowest BCUT2D eigenvalue weighted by atomic mass is 10.1. The van der Waals surface area contributed by atoms with Crippen LogP contribution in [0.1, 0.15) is 18.2 Å². The summed E-state index contributed by atoms with van der Waals surface area (Å²) in [5, 5.41) is 5.33. The van der Waals surface area contributed by atoms with Gasteiger partial charge < -0.3 is 4.90 Å². The fourth-order valence-corrected chi connectivity index (χ4v) is 3.79. The summed E-state index contributed by atoms with van der Waals surface area (Å²) in [5.74, 6) is 0. The Morgan fingerprint density at radius 2 is 1.90 bits per heavy atom. The van der Waals surface area contributed by atoms with Crippen molar-refractivity contribution in [1.82, 2.24) is 24.5 Å². The Morgan fingerprint density at radius 1 is 1.14 bits per heavy atom. The van der Waals surface area contributed by atoms with E-state index in [2.05, 4.69) is 33.8 Å². The molecule has 1 atom stereocenters. The molecule has 0 aliphatic carbocycles. The average molecular weight is 312 g/mol. The van der Waals surface area contributed by atoms with E-state index in [1.165, 1.54) is 31.7 Å². The van der Waals surface area contributed by atoms with Crippen molar-refractivity contribution in [2.75, 3.05) is 46.3 Å². The molecule has 2 aliphatic heterocycles. The van der Waals surface area contributed by atoms with E-state index >= 15 is 0 Å². The number of aromatic nitrogens is 2. The zero-order valence-electron chi connectivity index (χ0n) is 13.3. The van der Waals surface area contributed by atoms with E-state index in [0.29, 0.717) is 6.04 Å². The first kappa shape index (κ1) is 15.3. The van der Waals surface area contributed by atoms with Gasteiger partial charge in [-0.2, -0.15) is 5.10 Å². The average Bonchev–Trinajstić information content (AvgIpc) is 2.74. The molecule has 2 fully saturated rings. The van der Waals surface area contributed by atoms with Gasteiger partial charge in [0.25, 0.3) is 0 Å². The molecule has 1 aromatic rings. The molecule has 3 rings (SSSR count). The largest absolute Gasteiger partial charge is 0.303 e. The molecule has 0 N–H and O–H groups in total. The Balaban J connectivity index is 1.69. The molecule has 21 heavy (non-hydrogen) atoms. The molecule has 118 valence electrons. The third kappa shape index (κ3) is 3.11. The van der Waals surface area contributed by atoms with E-state index in [1.54, 1.807) is 4.68 Å². The standard InChI is InChI=1S/C15H26ClN5/c1-4-14-13(15(16)19(3)17-14)11-20-6-8-21-7-5-18(2)9-12(21)10-20/h12H,4-11H2,1-3H3/t12-/m0/s1. The molecule has 2 aliphatic rings. The molecule has 0 bridgehead atoms. The molecular formula is C15H26ClN5. The Bertz CT molecular complexity index is 500. The molecule has 0 saturated carbocycles. The fraction of sp³-hybridized carbons (Fsp3) is 0.800. The first-order valence-corrected chi connectivity index (χ1v) is 8.31. The van der Waals surface area contributed by atoms with E-state index in [0.717, 1.165) is 36.9 Å². The highest BCUT2D eigenvalue weighted by Gasteiger charge is 2.31. The van der Waals surface area contributed by atoms with Crippen LogP contribution < -0.4 is 0 Å². The highest BCUT2D eigenvalue weighted by atomic mass is 35.5. The molecule has 3 heterocycles. The van der Waals surface area contributed by atoms with Crippen LogP contribution in [0.4, 0.5) is 0 Å². The second-order valence-electron chi connectivity index (χ2n) is 6.38. The van der Waals surface area contributed by atoms with Crippen LogP contribution >= 0.6 is 11.6 Å². The van der Waals surface area contributed by atoms with Gasteiger partial charge in [0.15, 0.2) is 0 Å². The Hall–Kier alpha value is -0.620. The monoisotopic (exact) mass is 311 g/mol. The lowest BCUT2D eigenvalue weighted by Crippen LogP contribution is -2.61. The predicted molar refractivity (Wildman–Crippen MR) is 85.7 cm³/mol. The number of hydrogen-bond donors (Lipinski definition) is 0. The van der Waals surface area contributed by atoms with Crippen LogP contribution in [0.5, 0.6) is 0 Å². The molecule has 0 unspecified atom stereocenters. The normalized spacial score (nSPS) is 25.2. The highest BCUT2D eigenvalue weighted by Crippen LogP contribution is 2.23. The first-order chi connectivity index (χ1) is 10.1. The lowest BCUT2D eigenvalue weighted by Gasteiger charge is -2.46. The highest BCUT2D eigenvalue weighted by molar-refractivity contribution is 6.30. The minimum Gasteiger partial charge on any atom is -0.303 e. The Kier molecular flexibility index (Phi) is 4.54. The fourth-order valence-electron chi connectivity index (χ4n) is 3.58. The van der Waals surface area contributed by atoms with Crippen molar-refractivity contribution >= 4 is 11.6 Å². The van der Waals surface area contributed by atoms with Crippen molar-refractivity contribution in [3.8, 4) is 0 Å². The van der Waals surface area contributed by atoms with Gasteiger partial charge in [-0.05, 0) is 13.5 Å². The van der Waals surface area contributed by atoms with Crippen LogP contribution in [0.15, 0.2) is 0 Å². The summed E-state index contributed by atoms with van der Waals surface area (Å²) in [5.41, 5.74) is 2.37. The third-order valence-corrected chi connectivity index (χ3v) is 5.32. The van der Waals surface area contributed by atoms with Crippen LogP contribution in [0.25, 0.3) is 0 Å². The van der Waals surface area contributed by atoms with Crippen LogP contribution in [-0.2, 0) is 20.0 Å². The molecular weight excluding hydrogens is 286 g/mol. The second kappa shape index (κ2) is 6.24. The van der Waals surface area contributed by atoms with Crippen LogP contribution in [-0.4, -0.2) is 76.8 Å². The van der Waals surface area contributed by atoms with E-state index in [4.69, 9.17) is 11.6 Å². The number of nitrogens with zero attached hydrogens (tertiary/aromatic N) is 5. The van der Waals surface area contributed by atoms with Gasteiger partial charge in [0.2, 0.25) is 0 Å². The van der Waals surface area contributed by atoms with Crippen molar-refractivity contribution in [1.29, 1.82) is 0 Å². The molecule has 0 aromatic carbocycles. The third-order valence-electron chi connectivity index (χ3n) is 4.85. The van der Waals surface area contributed by atoms with Gasteiger partial charge in [-0.15, -0.1) is 0 Å². The van der Waals surface area contributed by atoms with Crippen LogP contribution in [0.3, 0.4) is 0 Å². The van der Waals surface area contributed by atoms with Crippen molar-refractivity contribution < 1.29 is 0 Å². The zero-order chi connectivity index (χ0) is 15.0. The molecule has 1 aromatic heterocycles. The number of rotatable bonds is 3. The maximum absolute atomic E-state index is 6.43. The summed E-state index contributed by atoms with van der Waals surface area (Å²) >= 11 is 6.43. The smallest absolute Gasteiger partial charge is 0.131 e. The summed E-state index contributed by atoms with van der Waals surface area (Å²) in [6.07, 6.45) is 0.946. The van der Waals surface area contributed by atoms with Gasteiger partial charge in [-0.25, -0.2) is 0 Å². The molecule has 0 radical (unpaired) electrons. The molecule has 2 saturated heterocycles. The van der Waals surface area contributed by atoms with E-state index < -0.39 is 0 Å². The van der Waals surface area contributed by atoms with Crippen LogP contribution in [0, 0.1) is 0 Å². The minimum atomic E-state index is 0.665. The van der Waals surface area contributed by atoms with E-state index in [-0.39, 0.29) is 0 Å². The quantitative estimate of drug-likeness (QED) is 0.834. The van der Waals surface area contributed by atoms with E-state index in [9.17, 15) is 0 Å². The van der Waals surface area contributed by atoms with Crippen LogP contribution in [0.2, 0.25) is 5.15 Å². The Labute approximate surface area is 132 Å². The number of hydrogen-bond acceptors (Lipinski definition) is 4. The summed E-state index contributed by atoms with van der Waals surface area (Å²) in [6.45, 7) is 10.1. The van der Waals surface area contributed by atoms with Gasteiger partial charge >= 0.3 is 0 Å². The Morgan fingerprint density at radius 3 is 2.67 bits per heavy atom. The zero-order valence-corrected chi connectivity index (χ0v) is 14.1. The summed E-state index contributed by atoms with van der Waals surface area (Å²) in [4.78, 5) is 7.63. The van der Waals surface area contributed by atoms with Gasteiger partial charge in [-0.3, -0.25) is 14.5 Å². The first-order valence-electron chi connectivity index (χ1n) is 7.93. The molecule has 5 nitrogen and oxygen atoms in total. The minimum absolute atomic E-state index is 0.665. The predicted octanol–water partition coefficient (Wildman–Crippen LogP) is 1.07. The summed E-state index contributed by atoms with van der Waals surface area (Å²) in [7, 11) is 4.16. The van der Waals surface area contributed by atoms with Gasteiger partial charge in [0, 0.05) is 64.5 Å². The maximum Gasteiger partial charge on any atom is 0.131 e. The second-order valence-corrected chi connectivity index (χ2v) is 6.74. The maximum atomic E-state index is 6.43. The van der Waals surface area contributed by atoms with Gasteiger partial charge in [-0.1, -0.05) is 18.5 Å². The topological polar surface area (TPSA) is 27.5 Å². The lowest BCUT2D eigenvalue weighted by molar-refractivity contribution is 0.0174.